The summed E-state index contributed by atoms with van der Waals surface area (Å²) in [5.41, 5.74) is 1.56. The van der Waals surface area contributed by atoms with Gasteiger partial charge in [-0.1, -0.05) is 12.1 Å². The molecule has 1 aromatic carbocycles. The van der Waals surface area contributed by atoms with Crippen LogP contribution in [0.15, 0.2) is 55.1 Å². The van der Waals surface area contributed by atoms with Gasteiger partial charge in [0, 0.05) is 30.6 Å². The van der Waals surface area contributed by atoms with Crippen molar-refractivity contribution in [3.8, 4) is 5.75 Å². The van der Waals surface area contributed by atoms with Crippen LogP contribution >= 0.6 is 0 Å². The van der Waals surface area contributed by atoms with Gasteiger partial charge in [-0.15, -0.1) is 0 Å². The van der Waals surface area contributed by atoms with Gasteiger partial charge < -0.3 is 14.4 Å². The van der Waals surface area contributed by atoms with Crippen LogP contribution in [-0.2, 0) is 6.54 Å². The SMILES string of the molecule is COc1ccc(Cn2ccc(C(=O)C=C(O)c3nc[nH]n3)c2)cc1. The maximum atomic E-state index is 12.2. The number of hydrogen-bond acceptors (Lipinski definition) is 5. The van der Waals surface area contributed by atoms with E-state index in [4.69, 9.17) is 4.74 Å². The Kier molecular flexibility index (Phi) is 4.42. The Morgan fingerprint density at radius 3 is 2.79 bits per heavy atom. The van der Waals surface area contributed by atoms with Gasteiger partial charge >= 0.3 is 0 Å². The van der Waals surface area contributed by atoms with Crippen molar-refractivity contribution in [1.29, 1.82) is 0 Å². The maximum absolute atomic E-state index is 12.2. The lowest BCUT2D eigenvalue weighted by molar-refractivity contribution is 0.104. The lowest BCUT2D eigenvalue weighted by Crippen LogP contribution is -1.99. The predicted molar refractivity (Wildman–Crippen MR) is 87.8 cm³/mol. The van der Waals surface area contributed by atoms with E-state index in [0.29, 0.717) is 12.1 Å². The summed E-state index contributed by atoms with van der Waals surface area (Å²) in [5.74, 6) is 0.297. The van der Waals surface area contributed by atoms with Crippen molar-refractivity contribution in [2.45, 2.75) is 6.54 Å². The van der Waals surface area contributed by atoms with Gasteiger partial charge in [-0.25, -0.2) is 4.98 Å². The highest BCUT2D eigenvalue weighted by Gasteiger charge is 2.10. The first-order valence-corrected chi connectivity index (χ1v) is 7.25. The number of nitrogens with one attached hydrogen (secondary N) is 1. The van der Waals surface area contributed by atoms with Crippen LogP contribution < -0.4 is 4.74 Å². The summed E-state index contributed by atoms with van der Waals surface area (Å²) in [7, 11) is 1.63. The number of methoxy groups -OCH3 is 1. The molecule has 3 aromatic rings. The second kappa shape index (κ2) is 6.82. The van der Waals surface area contributed by atoms with E-state index >= 15 is 0 Å². The number of rotatable bonds is 6. The molecule has 0 aliphatic rings. The molecule has 0 spiro atoms. The van der Waals surface area contributed by atoms with E-state index in [1.54, 1.807) is 19.4 Å². The number of aliphatic hydroxyl groups is 1. The van der Waals surface area contributed by atoms with E-state index in [2.05, 4.69) is 15.2 Å². The quantitative estimate of drug-likeness (QED) is 0.413. The van der Waals surface area contributed by atoms with Crippen LogP contribution in [0, 0.1) is 0 Å². The third-order valence-corrected chi connectivity index (χ3v) is 3.47. The zero-order valence-corrected chi connectivity index (χ0v) is 13.0. The Morgan fingerprint density at radius 1 is 1.33 bits per heavy atom. The summed E-state index contributed by atoms with van der Waals surface area (Å²) in [6.45, 7) is 0.633. The number of carbonyl (C=O) groups is 1. The fourth-order valence-corrected chi connectivity index (χ4v) is 2.23. The van der Waals surface area contributed by atoms with Crippen LogP contribution in [0.2, 0.25) is 0 Å². The number of aromatic amines is 1. The van der Waals surface area contributed by atoms with E-state index in [9.17, 15) is 9.90 Å². The zero-order valence-electron chi connectivity index (χ0n) is 13.0. The fraction of sp³-hybridized carbons (Fsp3) is 0.118. The smallest absolute Gasteiger partial charge is 0.215 e. The molecule has 0 amide bonds. The van der Waals surface area contributed by atoms with Gasteiger partial charge in [-0.3, -0.25) is 9.89 Å². The molecule has 2 heterocycles. The first kappa shape index (κ1) is 15.5. The van der Waals surface area contributed by atoms with Gasteiger partial charge in [0.2, 0.25) is 5.82 Å². The Bertz CT molecular complexity index is 848. The van der Waals surface area contributed by atoms with Crippen LogP contribution in [-0.4, -0.2) is 37.7 Å². The standard InChI is InChI=1S/C17H16N4O3/c1-24-14-4-2-12(3-5-14)9-21-7-6-13(10-21)15(22)8-16(23)17-18-11-19-20-17/h2-8,10-11,23H,9H2,1H3,(H,18,19,20). The molecule has 3 rings (SSSR count). The molecule has 0 fully saturated rings. The Hall–Kier alpha value is -3.35. The van der Waals surface area contributed by atoms with Crippen LogP contribution in [0.1, 0.15) is 21.7 Å². The molecule has 0 saturated heterocycles. The molecule has 122 valence electrons. The highest BCUT2D eigenvalue weighted by molar-refractivity contribution is 6.07. The Morgan fingerprint density at radius 2 is 2.12 bits per heavy atom. The Labute approximate surface area is 138 Å². The summed E-state index contributed by atoms with van der Waals surface area (Å²) in [4.78, 5) is 16.0. The molecule has 0 unspecified atom stereocenters. The summed E-state index contributed by atoms with van der Waals surface area (Å²) in [6, 6.07) is 9.42. The van der Waals surface area contributed by atoms with Gasteiger partial charge in [-0.05, 0) is 23.8 Å². The average molecular weight is 324 g/mol. The number of benzene rings is 1. The molecule has 0 aliphatic carbocycles. The van der Waals surface area contributed by atoms with Crippen molar-refractivity contribution in [2.75, 3.05) is 7.11 Å². The van der Waals surface area contributed by atoms with Crippen LogP contribution in [0.4, 0.5) is 0 Å². The number of carbonyl (C=O) groups excluding carboxylic acids is 1. The number of H-pyrrole nitrogens is 1. The molecule has 7 heteroatoms. The average Bonchev–Trinajstić information content (AvgIpc) is 3.27. The summed E-state index contributed by atoms with van der Waals surface area (Å²) in [5, 5.41) is 16.0. The number of hydrogen-bond donors (Lipinski definition) is 2. The predicted octanol–water partition coefficient (Wildman–Crippen LogP) is 2.44. The number of allylic oxidation sites excluding steroid dienone is 1. The van der Waals surface area contributed by atoms with Crippen molar-refractivity contribution in [3.05, 3.63) is 72.1 Å². The van der Waals surface area contributed by atoms with E-state index in [1.807, 2.05) is 35.0 Å². The van der Waals surface area contributed by atoms with Gasteiger partial charge in [0.05, 0.1) is 7.11 Å². The molecule has 0 radical (unpaired) electrons. The molecule has 2 aromatic heterocycles. The summed E-state index contributed by atoms with van der Waals surface area (Å²) < 4.78 is 7.02. The van der Waals surface area contributed by atoms with Gasteiger partial charge in [0.15, 0.2) is 11.5 Å². The highest BCUT2D eigenvalue weighted by atomic mass is 16.5. The highest BCUT2D eigenvalue weighted by Crippen LogP contribution is 2.14. The molecular formula is C17H16N4O3. The molecule has 24 heavy (non-hydrogen) atoms. The second-order valence-corrected chi connectivity index (χ2v) is 5.14. The molecule has 0 atom stereocenters. The Balaban J connectivity index is 1.70. The van der Waals surface area contributed by atoms with Crippen LogP contribution in [0.25, 0.3) is 5.76 Å². The van der Waals surface area contributed by atoms with Crippen molar-refractivity contribution in [3.63, 3.8) is 0 Å². The first-order chi connectivity index (χ1) is 11.7. The van der Waals surface area contributed by atoms with E-state index < -0.39 is 0 Å². The van der Waals surface area contributed by atoms with Gasteiger partial charge in [-0.2, -0.15) is 5.10 Å². The maximum Gasteiger partial charge on any atom is 0.215 e. The van der Waals surface area contributed by atoms with Gasteiger partial charge in [0.25, 0.3) is 0 Å². The summed E-state index contributed by atoms with van der Waals surface area (Å²) in [6.07, 6.45) is 5.98. The lowest BCUT2D eigenvalue weighted by Gasteiger charge is -2.04. The minimum atomic E-state index is -0.314. The monoisotopic (exact) mass is 324 g/mol. The minimum absolute atomic E-state index is 0.0843. The second-order valence-electron chi connectivity index (χ2n) is 5.14. The third-order valence-electron chi connectivity index (χ3n) is 3.47. The molecule has 7 nitrogen and oxygen atoms in total. The number of ketones is 1. The minimum Gasteiger partial charge on any atom is -0.504 e. The number of ether oxygens (including phenoxy) is 1. The lowest BCUT2D eigenvalue weighted by atomic mass is 10.2. The van der Waals surface area contributed by atoms with Crippen molar-refractivity contribution in [1.82, 2.24) is 19.7 Å². The largest absolute Gasteiger partial charge is 0.504 e. The van der Waals surface area contributed by atoms with Crippen LogP contribution in [0.3, 0.4) is 0 Å². The first-order valence-electron chi connectivity index (χ1n) is 7.25. The summed E-state index contributed by atoms with van der Waals surface area (Å²) >= 11 is 0. The number of nitrogens with zero attached hydrogens (tertiary/aromatic N) is 3. The topological polar surface area (TPSA) is 93.0 Å². The molecular weight excluding hydrogens is 308 g/mol. The molecule has 0 bridgehead atoms. The normalized spacial score (nSPS) is 11.5. The number of aliphatic hydroxyl groups excluding tert-OH is 1. The molecule has 2 N–H and O–H groups in total. The van der Waals surface area contributed by atoms with E-state index in [0.717, 1.165) is 17.4 Å². The third kappa shape index (κ3) is 3.52. The fourth-order valence-electron chi connectivity index (χ4n) is 2.23. The number of aromatic nitrogens is 4. The van der Waals surface area contributed by atoms with Gasteiger partial charge in [0.1, 0.15) is 12.1 Å². The van der Waals surface area contributed by atoms with Crippen molar-refractivity contribution < 1.29 is 14.6 Å². The zero-order chi connectivity index (χ0) is 16.9. The van der Waals surface area contributed by atoms with E-state index in [1.165, 1.54) is 6.33 Å². The van der Waals surface area contributed by atoms with Crippen LogP contribution in [0.5, 0.6) is 5.75 Å². The van der Waals surface area contributed by atoms with Crippen molar-refractivity contribution >= 4 is 11.5 Å². The van der Waals surface area contributed by atoms with E-state index in [-0.39, 0.29) is 17.4 Å². The van der Waals surface area contributed by atoms with Crippen molar-refractivity contribution in [2.24, 2.45) is 0 Å². The molecule has 0 aliphatic heterocycles. The molecule has 0 saturated carbocycles.